The molecule has 3 heteroatoms. The first-order valence-electron chi connectivity index (χ1n) is 6.43. The lowest BCUT2D eigenvalue weighted by atomic mass is 9.87. The van der Waals surface area contributed by atoms with E-state index >= 15 is 0 Å². The number of carbonyl (C=O) groups excluding carboxylic acids is 1. The monoisotopic (exact) mass is 332 g/mol. The third-order valence-electron chi connectivity index (χ3n) is 3.03. The lowest BCUT2D eigenvalue weighted by Crippen LogP contribution is -2.10. The molecule has 0 radical (unpaired) electrons. The predicted molar refractivity (Wildman–Crippen MR) is 84.7 cm³/mol. The first-order valence-corrected chi connectivity index (χ1v) is 7.22. The minimum absolute atomic E-state index is 0.0847. The Bertz CT molecular complexity index is 627. The second-order valence-electron chi connectivity index (χ2n) is 5.68. The van der Waals surface area contributed by atoms with E-state index in [2.05, 4.69) is 42.8 Å². The van der Waals surface area contributed by atoms with E-state index in [0.717, 1.165) is 16.5 Å². The number of hydrogen-bond donors (Lipinski definition) is 0. The molecule has 0 aromatic heterocycles. The van der Waals surface area contributed by atoms with Gasteiger partial charge in [-0.2, -0.15) is 0 Å². The van der Waals surface area contributed by atoms with Crippen LogP contribution in [0.2, 0.25) is 0 Å². The van der Waals surface area contributed by atoms with Crippen LogP contribution >= 0.6 is 15.9 Å². The maximum absolute atomic E-state index is 10.8. The van der Waals surface area contributed by atoms with E-state index in [1.54, 1.807) is 18.2 Å². The van der Waals surface area contributed by atoms with Crippen molar-refractivity contribution in [2.24, 2.45) is 0 Å². The van der Waals surface area contributed by atoms with Gasteiger partial charge in [0.25, 0.3) is 0 Å². The standard InChI is InChI=1S/C17H17BrO2/c1-17(2,3)13-5-4-6-14(9-13)20-15-8-7-12(11-19)16(18)10-15/h4-11H,1-3H3. The second kappa shape index (κ2) is 5.80. The Balaban J connectivity index is 2.26. The summed E-state index contributed by atoms with van der Waals surface area (Å²) in [6, 6.07) is 13.4. The molecule has 0 saturated carbocycles. The maximum Gasteiger partial charge on any atom is 0.151 e. The number of halogens is 1. The number of hydrogen-bond acceptors (Lipinski definition) is 2. The third-order valence-corrected chi connectivity index (χ3v) is 3.72. The third kappa shape index (κ3) is 3.48. The van der Waals surface area contributed by atoms with Crippen molar-refractivity contribution in [1.29, 1.82) is 0 Å². The molecule has 0 aliphatic rings. The van der Waals surface area contributed by atoms with E-state index in [-0.39, 0.29) is 5.41 Å². The van der Waals surface area contributed by atoms with Crippen LogP contribution < -0.4 is 4.74 Å². The lowest BCUT2D eigenvalue weighted by molar-refractivity contribution is 0.112. The van der Waals surface area contributed by atoms with Gasteiger partial charge in [-0.25, -0.2) is 0 Å². The van der Waals surface area contributed by atoms with Crippen LogP contribution in [0.5, 0.6) is 11.5 Å². The first-order chi connectivity index (χ1) is 9.40. The smallest absolute Gasteiger partial charge is 0.151 e. The molecule has 0 bridgehead atoms. The van der Waals surface area contributed by atoms with Gasteiger partial charge in [-0.15, -0.1) is 0 Å². The lowest BCUT2D eigenvalue weighted by Gasteiger charge is -2.19. The second-order valence-corrected chi connectivity index (χ2v) is 6.54. The first kappa shape index (κ1) is 14.8. The molecular formula is C17H17BrO2. The highest BCUT2D eigenvalue weighted by Crippen LogP contribution is 2.30. The van der Waals surface area contributed by atoms with Crippen LogP contribution in [0.25, 0.3) is 0 Å². The van der Waals surface area contributed by atoms with Gasteiger partial charge in [0.15, 0.2) is 6.29 Å². The van der Waals surface area contributed by atoms with Gasteiger partial charge in [0.1, 0.15) is 11.5 Å². The van der Waals surface area contributed by atoms with Crippen LogP contribution in [0, 0.1) is 0 Å². The Labute approximate surface area is 127 Å². The number of carbonyl (C=O) groups is 1. The summed E-state index contributed by atoms with van der Waals surface area (Å²) in [4.78, 5) is 10.8. The zero-order chi connectivity index (χ0) is 14.8. The molecule has 0 unspecified atom stereocenters. The van der Waals surface area contributed by atoms with Crippen molar-refractivity contribution < 1.29 is 9.53 Å². The van der Waals surface area contributed by atoms with Crippen molar-refractivity contribution in [2.75, 3.05) is 0 Å². The molecule has 2 nitrogen and oxygen atoms in total. The highest BCUT2D eigenvalue weighted by atomic mass is 79.9. The zero-order valence-corrected chi connectivity index (χ0v) is 13.4. The van der Waals surface area contributed by atoms with E-state index in [1.807, 2.05) is 18.2 Å². The molecule has 2 rings (SSSR count). The predicted octanol–water partition coefficient (Wildman–Crippen LogP) is 5.35. The zero-order valence-electron chi connectivity index (χ0n) is 11.8. The van der Waals surface area contributed by atoms with E-state index < -0.39 is 0 Å². The van der Waals surface area contributed by atoms with Gasteiger partial charge in [-0.1, -0.05) is 32.9 Å². The quantitative estimate of drug-likeness (QED) is 0.708. The van der Waals surface area contributed by atoms with Gasteiger partial charge in [0.2, 0.25) is 0 Å². The van der Waals surface area contributed by atoms with E-state index in [9.17, 15) is 4.79 Å². The minimum atomic E-state index is 0.0847. The van der Waals surface area contributed by atoms with Crippen molar-refractivity contribution in [1.82, 2.24) is 0 Å². The van der Waals surface area contributed by atoms with E-state index in [4.69, 9.17) is 4.74 Å². The molecule has 0 fully saturated rings. The molecule has 0 spiro atoms. The molecule has 0 heterocycles. The van der Waals surface area contributed by atoms with Crippen LogP contribution in [-0.2, 0) is 5.41 Å². The highest BCUT2D eigenvalue weighted by Gasteiger charge is 2.14. The average Bonchev–Trinajstić information content (AvgIpc) is 2.38. The SMILES string of the molecule is CC(C)(C)c1cccc(Oc2ccc(C=O)c(Br)c2)c1. The van der Waals surface area contributed by atoms with Gasteiger partial charge in [0.05, 0.1) is 0 Å². The van der Waals surface area contributed by atoms with Crippen LogP contribution in [0.3, 0.4) is 0 Å². The molecule has 0 aliphatic heterocycles. The molecule has 20 heavy (non-hydrogen) atoms. The van der Waals surface area contributed by atoms with Gasteiger partial charge < -0.3 is 4.74 Å². The molecule has 0 N–H and O–H groups in total. The molecule has 0 atom stereocenters. The van der Waals surface area contributed by atoms with Crippen molar-refractivity contribution in [2.45, 2.75) is 26.2 Å². The van der Waals surface area contributed by atoms with Gasteiger partial charge in [-0.05, 0) is 57.2 Å². The summed E-state index contributed by atoms with van der Waals surface area (Å²) in [7, 11) is 0. The molecule has 2 aromatic rings. The number of benzene rings is 2. The summed E-state index contributed by atoms with van der Waals surface area (Å²) < 4.78 is 6.58. The molecule has 104 valence electrons. The summed E-state index contributed by atoms with van der Waals surface area (Å²) >= 11 is 3.36. The minimum Gasteiger partial charge on any atom is -0.457 e. The summed E-state index contributed by atoms with van der Waals surface area (Å²) in [5.41, 5.74) is 1.92. The summed E-state index contributed by atoms with van der Waals surface area (Å²) in [5, 5.41) is 0. The van der Waals surface area contributed by atoms with Crippen LogP contribution in [0.4, 0.5) is 0 Å². The maximum atomic E-state index is 10.8. The highest BCUT2D eigenvalue weighted by molar-refractivity contribution is 9.10. The van der Waals surface area contributed by atoms with Gasteiger partial charge in [0, 0.05) is 10.0 Å². The van der Waals surface area contributed by atoms with Gasteiger partial charge >= 0.3 is 0 Å². The van der Waals surface area contributed by atoms with Crippen LogP contribution in [0.1, 0.15) is 36.7 Å². The summed E-state index contributed by atoms with van der Waals surface area (Å²) in [6.45, 7) is 6.50. The normalized spacial score (nSPS) is 11.2. The fourth-order valence-electron chi connectivity index (χ4n) is 1.83. The average molecular weight is 333 g/mol. The molecule has 0 amide bonds. The Morgan fingerprint density at radius 1 is 1.05 bits per heavy atom. The molecule has 2 aromatic carbocycles. The fraction of sp³-hybridized carbons (Fsp3) is 0.235. The van der Waals surface area contributed by atoms with E-state index in [0.29, 0.717) is 11.3 Å². The van der Waals surface area contributed by atoms with Crippen LogP contribution in [0.15, 0.2) is 46.9 Å². The van der Waals surface area contributed by atoms with Crippen molar-refractivity contribution >= 4 is 22.2 Å². The Morgan fingerprint density at radius 3 is 2.35 bits per heavy atom. The topological polar surface area (TPSA) is 26.3 Å². The largest absolute Gasteiger partial charge is 0.457 e. The number of ether oxygens (including phenoxy) is 1. The Morgan fingerprint density at radius 2 is 1.75 bits per heavy atom. The summed E-state index contributed by atoms with van der Waals surface area (Å²) in [5.74, 6) is 1.50. The molecular weight excluding hydrogens is 316 g/mol. The fourth-order valence-corrected chi connectivity index (χ4v) is 2.28. The van der Waals surface area contributed by atoms with Crippen molar-refractivity contribution in [3.8, 4) is 11.5 Å². The van der Waals surface area contributed by atoms with Crippen LogP contribution in [-0.4, -0.2) is 6.29 Å². The molecule has 0 aliphatic carbocycles. The number of aldehydes is 1. The Kier molecular flexibility index (Phi) is 4.29. The van der Waals surface area contributed by atoms with Crippen molar-refractivity contribution in [3.05, 3.63) is 58.1 Å². The molecule has 0 saturated heterocycles. The van der Waals surface area contributed by atoms with E-state index in [1.165, 1.54) is 5.56 Å². The van der Waals surface area contributed by atoms with Gasteiger partial charge in [-0.3, -0.25) is 4.79 Å². The summed E-state index contributed by atoms with van der Waals surface area (Å²) in [6.07, 6.45) is 0.814. The Hall–Kier alpha value is -1.61. The van der Waals surface area contributed by atoms with Crippen molar-refractivity contribution in [3.63, 3.8) is 0 Å². The number of rotatable bonds is 3.